The van der Waals surface area contributed by atoms with E-state index in [9.17, 15) is 14.3 Å². The largest absolute Gasteiger partial charge is 0.355 e. The first-order chi connectivity index (χ1) is 14.8. The lowest BCUT2D eigenvalue weighted by Gasteiger charge is -2.16. The summed E-state index contributed by atoms with van der Waals surface area (Å²) in [6, 6.07) is 1.59. The Bertz CT molecular complexity index is 1230. The third-order valence-corrected chi connectivity index (χ3v) is 8.26. The Hall–Kier alpha value is -2.86. The zero-order valence-electron chi connectivity index (χ0n) is 17.8. The molecule has 1 atom stereocenters. The number of rotatable bonds is 3. The van der Waals surface area contributed by atoms with Crippen LogP contribution in [-0.4, -0.2) is 20.0 Å². The van der Waals surface area contributed by atoms with Gasteiger partial charge in [-0.25, -0.2) is 13.7 Å². The van der Waals surface area contributed by atoms with Crippen LogP contribution in [0.2, 0.25) is 0 Å². The van der Waals surface area contributed by atoms with Crippen LogP contribution in [0.25, 0.3) is 0 Å². The van der Waals surface area contributed by atoms with Crippen LogP contribution in [0.5, 0.6) is 0 Å². The van der Waals surface area contributed by atoms with E-state index in [1.807, 2.05) is 0 Å². The fraction of sp³-hybridized carbons (Fsp3) is 0.500. The quantitative estimate of drug-likeness (QED) is 0.564. The zero-order valence-corrected chi connectivity index (χ0v) is 18.6. The molecule has 9 heteroatoms. The number of urea groups is 1. The second kappa shape index (κ2) is 7.09. The van der Waals surface area contributed by atoms with Crippen molar-refractivity contribution in [2.24, 2.45) is 9.78 Å². The Morgan fingerprint density at radius 3 is 2.55 bits per heavy atom. The maximum absolute atomic E-state index is 13.7. The highest BCUT2D eigenvalue weighted by molar-refractivity contribution is 7.92. The SMILES string of the molecule is CC1(C)Cc2c([S@](=O)(=NC(=O)Nc3c4c(cc5c3CCC5)CCC4)NC#N)cnn2C1. The summed E-state index contributed by atoms with van der Waals surface area (Å²) >= 11 is 0. The van der Waals surface area contributed by atoms with E-state index in [1.165, 1.54) is 28.5 Å². The minimum Gasteiger partial charge on any atom is -0.305 e. The molecule has 8 nitrogen and oxygen atoms in total. The topological polar surface area (TPSA) is 112 Å². The molecule has 0 saturated heterocycles. The van der Waals surface area contributed by atoms with E-state index in [0.29, 0.717) is 17.9 Å². The van der Waals surface area contributed by atoms with Gasteiger partial charge in [-0.2, -0.15) is 10.4 Å². The molecule has 0 unspecified atom stereocenters. The summed E-state index contributed by atoms with van der Waals surface area (Å²) in [4.78, 5) is 13.3. The predicted molar refractivity (Wildman–Crippen MR) is 117 cm³/mol. The second-order valence-electron chi connectivity index (χ2n) is 9.45. The number of nitriles is 1. The van der Waals surface area contributed by atoms with Crippen molar-refractivity contribution in [3.8, 4) is 6.19 Å². The number of nitrogens with zero attached hydrogens (tertiary/aromatic N) is 4. The van der Waals surface area contributed by atoms with Crippen LogP contribution >= 0.6 is 0 Å². The summed E-state index contributed by atoms with van der Waals surface area (Å²) in [5.74, 6) is 0. The Morgan fingerprint density at radius 2 is 1.90 bits per heavy atom. The summed E-state index contributed by atoms with van der Waals surface area (Å²) in [7, 11) is -3.48. The highest BCUT2D eigenvalue weighted by Crippen LogP contribution is 2.39. The van der Waals surface area contributed by atoms with Crippen LogP contribution in [0.3, 0.4) is 0 Å². The maximum atomic E-state index is 13.7. The number of fused-ring (bicyclic) bond motifs is 3. The standard InChI is InChI=1S/C22H26N6O2S/c1-22(2)10-18-19(11-24-28(18)12-22)31(30,25-13-23)27-21(29)26-20-16-7-3-5-14(16)9-15-6-4-8-17(15)20/h9,11H,3-8,10,12H2,1-2H3,(H2,25,26,27,29,30)/t31-/m1/s1. The van der Waals surface area contributed by atoms with Crippen molar-refractivity contribution in [3.05, 3.63) is 40.2 Å². The van der Waals surface area contributed by atoms with Gasteiger partial charge in [0.2, 0.25) is 0 Å². The number of amides is 2. The number of aromatic nitrogens is 2. The molecule has 0 radical (unpaired) electrons. The molecule has 5 rings (SSSR count). The van der Waals surface area contributed by atoms with Crippen LogP contribution in [-0.2, 0) is 48.6 Å². The first kappa shape index (κ1) is 20.1. The number of aryl methyl sites for hydroxylation is 2. The van der Waals surface area contributed by atoms with E-state index >= 15 is 0 Å². The van der Waals surface area contributed by atoms with Crippen LogP contribution in [0.15, 0.2) is 21.5 Å². The molecule has 0 saturated carbocycles. The van der Waals surface area contributed by atoms with Crippen molar-refractivity contribution in [2.75, 3.05) is 5.32 Å². The van der Waals surface area contributed by atoms with E-state index in [0.717, 1.165) is 49.9 Å². The molecule has 1 aromatic carbocycles. The number of carbonyl (C=O) groups is 1. The molecule has 0 fully saturated rings. The van der Waals surface area contributed by atoms with Crippen LogP contribution in [0.4, 0.5) is 10.5 Å². The molecule has 3 aliphatic rings. The smallest absolute Gasteiger partial charge is 0.305 e. The summed E-state index contributed by atoms with van der Waals surface area (Å²) < 4.78 is 21.8. The fourth-order valence-electron chi connectivity index (χ4n) is 5.26. The van der Waals surface area contributed by atoms with Gasteiger partial charge in [-0.15, -0.1) is 4.36 Å². The van der Waals surface area contributed by atoms with Gasteiger partial charge in [0.1, 0.15) is 4.90 Å². The first-order valence-corrected chi connectivity index (χ1v) is 12.3. The number of anilines is 1. The minimum absolute atomic E-state index is 0.0290. The van der Waals surface area contributed by atoms with E-state index in [4.69, 9.17) is 0 Å². The Balaban J connectivity index is 1.53. The van der Waals surface area contributed by atoms with Crippen molar-refractivity contribution in [2.45, 2.75) is 70.2 Å². The zero-order chi connectivity index (χ0) is 21.8. The number of carbonyl (C=O) groups excluding carboxylic acids is 1. The molecule has 2 aromatic rings. The molecule has 2 amide bonds. The van der Waals surface area contributed by atoms with Gasteiger partial charge in [0.05, 0.1) is 11.9 Å². The molecule has 1 aliphatic heterocycles. The van der Waals surface area contributed by atoms with Crippen LogP contribution < -0.4 is 10.0 Å². The van der Waals surface area contributed by atoms with E-state index < -0.39 is 15.9 Å². The molecule has 2 N–H and O–H groups in total. The lowest BCUT2D eigenvalue weighted by atomic mass is 9.91. The van der Waals surface area contributed by atoms with Crippen molar-refractivity contribution >= 4 is 21.6 Å². The van der Waals surface area contributed by atoms with Crippen LogP contribution in [0.1, 0.15) is 54.6 Å². The predicted octanol–water partition coefficient (Wildman–Crippen LogP) is 3.49. The van der Waals surface area contributed by atoms with E-state index in [2.05, 4.69) is 39.4 Å². The van der Waals surface area contributed by atoms with Gasteiger partial charge in [0, 0.05) is 12.2 Å². The minimum atomic E-state index is -3.48. The number of nitrogens with one attached hydrogen (secondary N) is 2. The van der Waals surface area contributed by atoms with Crippen molar-refractivity contribution < 1.29 is 9.00 Å². The highest BCUT2D eigenvalue weighted by Gasteiger charge is 2.35. The lowest BCUT2D eigenvalue weighted by molar-refractivity contribution is 0.260. The van der Waals surface area contributed by atoms with Gasteiger partial charge in [0.15, 0.2) is 16.1 Å². The molecule has 1 aromatic heterocycles. The second-order valence-corrected chi connectivity index (χ2v) is 11.3. The van der Waals surface area contributed by atoms with Gasteiger partial charge < -0.3 is 5.32 Å². The number of hydrogen-bond donors (Lipinski definition) is 2. The molecule has 0 spiro atoms. The first-order valence-electron chi connectivity index (χ1n) is 10.7. The van der Waals surface area contributed by atoms with Crippen molar-refractivity contribution in [1.82, 2.24) is 14.5 Å². The molecule has 162 valence electrons. The summed E-state index contributed by atoms with van der Waals surface area (Å²) in [6.07, 6.45) is 9.89. The third kappa shape index (κ3) is 3.39. The summed E-state index contributed by atoms with van der Waals surface area (Å²) in [5, 5.41) is 16.5. The van der Waals surface area contributed by atoms with Gasteiger partial charge in [-0.3, -0.25) is 4.68 Å². The molecule has 2 aliphatic carbocycles. The monoisotopic (exact) mass is 438 g/mol. The third-order valence-electron chi connectivity index (χ3n) is 6.53. The average molecular weight is 439 g/mol. The Morgan fingerprint density at radius 1 is 1.23 bits per heavy atom. The van der Waals surface area contributed by atoms with Crippen molar-refractivity contribution in [1.29, 1.82) is 5.26 Å². The summed E-state index contributed by atoms with van der Waals surface area (Å²) in [5.41, 5.74) is 6.52. The Kier molecular flexibility index (Phi) is 4.59. The molecular formula is C22H26N6O2S. The average Bonchev–Trinajstić information content (AvgIpc) is 3.44. The van der Waals surface area contributed by atoms with Gasteiger partial charge in [0.25, 0.3) is 0 Å². The van der Waals surface area contributed by atoms with Gasteiger partial charge in [-0.1, -0.05) is 19.9 Å². The Labute approximate surface area is 182 Å². The maximum Gasteiger partial charge on any atom is 0.355 e. The number of benzene rings is 1. The lowest BCUT2D eigenvalue weighted by Crippen LogP contribution is -2.23. The molecular weight excluding hydrogens is 412 g/mol. The molecule has 31 heavy (non-hydrogen) atoms. The van der Waals surface area contributed by atoms with Crippen LogP contribution in [0, 0.1) is 16.9 Å². The summed E-state index contributed by atoms with van der Waals surface area (Å²) in [6.45, 7) is 4.90. The van der Waals surface area contributed by atoms with Crippen molar-refractivity contribution in [3.63, 3.8) is 0 Å². The normalized spacial score (nSPS) is 19.6. The fourth-order valence-corrected chi connectivity index (χ4v) is 6.60. The number of hydrogen-bond acceptors (Lipinski definition) is 4. The van der Waals surface area contributed by atoms with Gasteiger partial charge >= 0.3 is 6.03 Å². The van der Waals surface area contributed by atoms with Gasteiger partial charge in [-0.05, 0) is 72.6 Å². The van der Waals surface area contributed by atoms with E-state index in [1.54, 1.807) is 10.9 Å². The molecule has 0 bridgehead atoms. The highest BCUT2D eigenvalue weighted by atomic mass is 32.2. The van der Waals surface area contributed by atoms with E-state index in [-0.39, 0.29) is 5.41 Å². The molecule has 2 heterocycles.